The highest BCUT2D eigenvalue weighted by Gasteiger charge is 2.05. The summed E-state index contributed by atoms with van der Waals surface area (Å²) in [4.78, 5) is 21.5. The minimum Gasteiger partial charge on any atom is -0.290 e. The molecule has 15 heavy (non-hydrogen) atoms. The monoisotopic (exact) mass is 218 g/mol. The Morgan fingerprint density at radius 2 is 1.93 bits per heavy atom. The number of hydrogen-bond acceptors (Lipinski definition) is 3. The van der Waals surface area contributed by atoms with Crippen LogP contribution in [-0.4, -0.2) is 16.7 Å². The van der Waals surface area contributed by atoms with Crippen LogP contribution in [0.3, 0.4) is 0 Å². The first-order valence-electron chi connectivity index (χ1n) is 4.42. The van der Waals surface area contributed by atoms with Crippen LogP contribution in [-0.2, 0) is 9.59 Å². The second kappa shape index (κ2) is 6.05. The minimum absolute atomic E-state index is 0.354. The molecule has 0 heterocycles. The Hall–Kier alpha value is -1.53. The van der Waals surface area contributed by atoms with Gasteiger partial charge in [0, 0.05) is 12.5 Å². The maximum absolute atomic E-state index is 10.9. The molecule has 0 aliphatic rings. The molecular weight excluding hydrogens is 208 g/mol. The third-order valence-corrected chi connectivity index (χ3v) is 2.41. The summed E-state index contributed by atoms with van der Waals surface area (Å²) in [5, 5.41) is -0.433. The first-order chi connectivity index (χ1) is 7.20. The number of benzene rings is 1. The number of rotatable bonds is 2. The Morgan fingerprint density at radius 3 is 2.53 bits per heavy atom. The lowest BCUT2D eigenvalue weighted by Crippen LogP contribution is -2.04. The predicted octanol–water partition coefficient (Wildman–Crippen LogP) is 1.89. The Balaban J connectivity index is 2.42. The van der Waals surface area contributed by atoms with Crippen molar-refractivity contribution < 1.29 is 9.59 Å². The van der Waals surface area contributed by atoms with Crippen LogP contribution in [0.15, 0.2) is 30.3 Å². The average Bonchev–Trinajstić information content (AvgIpc) is 2.25. The van der Waals surface area contributed by atoms with Crippen molar-refractivity contribution in [2.24, 2.45) is 0 Å². The molecule has 0 aliphatic carbocycles. The molecule has 0 bridgehead atoms. The summed E-state index contributed by atoms with van der Waals surface area (Å²) in [6, 6.07) is 9.50. The van der Waals surface area contributed by atoms with Crippen LogP contribution in [0.25, 0.3) is 0 Å². The van der Waals surface area contributed by atoms with Crippen LogP contribution in [0.5, 0.6) is 0 Å². The second-order valence-corrected chi connectivity index (χ2v) is 3.75. The summed E-state index contributed by atoms with van der Waals surface area (Å²) in [5.41, 5.74) is 0.911. The summed E-state index contributed by atoms with van der Waals surface area (Å²) in [7, 11) is 0. The van der Waals surface area contributed by atoms with E-state index in [-0.39, 0.29) is 0 Å². The Labute approximate surface area is 93.1 Å². The van der Waals surface area contributed by atoms with Gasteiger partial charge in [-0.15, -0.1) is 0 Å². The number of Topliss-reactive ketones (excluding diaryl/α,β-unsaturated/α-hetero) is 1. The zero-order valence-corrected chi connectivity index (χ0v) is 9.14. The van der Waals surface area contributed by atoms with Gasteiger partial charge in [0.25, 0.3) is 5.12 Å². The molecule has 2 nitrogen and oxygen atoms in total. The van der Waals surface area contributed by atoms with Gasteiger partial charge in [-0.2, -0.15) is 0 Å². The highest BCUT2D eigenvalue weighted by Crippen LogP contribution is 2.01. The third kappa shape index (κ3) is 4.48. The molecule has 0 saturated heterocycles. The number of thioether (sulfide) groups is 1. The fraction of sp³-hybridized carbons (Fsp3) is 0.167. The van der Waals surface area contributed by atoms with Crippen molar-refractivity contribution in [3.05, 3.63) is 35.9 Å². The molecular formula is C12H10O2S. The normalized spacial score (nSPS) is 8.87. The maximum atomic E-state index is 10.9. The highest BCUT2D eigenvalue weighted by molar-refractivity contribution is 8.15. The van der Waals surface area contributed by atoms with E-state index in [1.54, 1.807) is 0 Å². The topological polar surface area (TPSA) is 34.1 Å². The lowest BCUT2D eigenvalue weighted by molar-refractivity contribution is -0.130. The molecule has 0 aliphatic heterocycles. The average molecular weight is 218 g/mol. The molecule has 0 aromatic heterocycles. The second-order valence-electron chi connectivity index (χ2n) is 2.80. The molecule has 0 unspecified atom stereocenters. The first-order valence-corrected chi connectivity index (χ1v) is 5.40. The maximum Gasteiger partial charge on any atom is 0.255 e. The molecule has 3 heteroatoms. The molecule has 1 aromatic rings. The van der Waals surface area contributed by atoms with E-state index in [2.05, 4.69) is 11.8 Å². The quantitative estimate of drug-likeness (QED) is 0.561. The summed E-state index contributed by atoms with van der Waals surface area (Å²) >= 11 is 0.942. The van der Waals surface area contributed by atoms with E-state index in [4.69, 9.17) is 0 Å². The zero-order valence-electron chi connectivity index (χ0n) is 8.32. The molecule has 0 saturated carbocycles. The fourth-order valence-electron chi connectivity index (χ4n) is 0.863. The van der Waals surface area contributed by atoms with E-state index in [0.717, 1.165) is 17.3 Å². The molecule has 1 rings (SSSR count). The van der Waals surface area contributed by atoms with Crippen LogP contribution in [0.1, 0.15) is 12.5 Å². The Bertz CT molecular complexity index is 412. The molecule has 0 amide bonds. The van der Waals surface area contributed by atoms with E-state index in [9.17, 15) is 9.59 Å². The third-order valence-electron chi connectivity index (χ3n) is 1.57. The van der Waals surface area contributed by atoms with E-state index in [1.165, 1.54) is 6.92 Å². The first kappa shape index (κ1) is 11.5. The van der Waals surface area contributed by atoms with Gasteiger partial charge < -0.3 is 0 Å². The molecule has 1 aromatic carbocycles. The SMILES string of the molecule is CC(=O)C(=O)SCC#Cc1ccccc1. The van der Waals surface area contributed by atoms with Gasteiger partial charge in [0.15, 0.2) is 0 Å². The molecule has 0 fully saturated rings. The van der Waals surface area contributed by atoms with Crippen molar-refractivity contribution in [1.82, 2.24) is 0 Å². The van der Waals surface area contributed by atoms with Gasteiger partial charge in [-0.1, -0.05) is 41.8 Å². The van der Waals surface area contributed by atoms with Gasteiger partial charge in [-0.3, -0.25) is 9.59 Å². The van der Waals surface area contributed by atoms with Crippen molar-refractivity contribution in [1.29, 1.82) is 0 Å². The van der Waals surface area contributed by atoms with Crippen molar-refractivity contribution in [2.45, 2.75) is 6.92 Å². The largest absolute Gasteiger partial charge is 0.290 e. The van der Waals surface area contributed by atoms with Gasteiger partial charge >= 0.3 is 0 Å². The number of carbonyl (C=O) groups is 2. The van der Waals surface area contributed by atoms with Gasteiger partial charge in [-0.05, 0) is 12.1 Å². The number of carbonyl (C=O) groups excluding carboxylic acids is 2. The van der Waals surface area contributed by atoms with Crippen LogP contribution in [0, 0.1) is 11.8 Å². The predicted molar refractivity (Wildman–Crippen MR) is 61.5 cm³/mol. The van der Waals surface area contributed by atoms with Gasteiger partial charge in [0.1, 0.15) is 0 Å². The smallest absolute Gasteiger partial charge is 0.255 e. The highest BCUT2D eigenvalue weighted by atomic mass is 32.2. The van der Waals surface area contributed by atoms with E-state index in [0.29, 0.717) is 5.75 Å². The fourth-order valence-corrected chi connectivity index (χ4v) is 1.34. The van der Waals surface area contributed by atoms with E-state index >= 15 is 0 Å². The van der Waals surface area contributed by atoms with Crippen molar-refractivity contribution in [2.75, 3.05) is 5.75 Å². The van der Waals surface area contributed by atoms with E-state index < -0.39 is 10.9 Å². The Morgan fingerprint density at radius 1 is 1.27 bits per heavy atom. The standard InChI is InChI=1S/C12H10O2S/c1-10(13)12(14)15-9-5-8-11-6-3-2-4-7-11/h2-4,6-7H,9H2,1H3. The summed E-state index contributed by atoms with van der Waals surface area (Å²) in [6.45, 7) is 1.26. The van der Waals surface area contributed by atoms with Gasteiger partial charge in [-0.25, -0.2) is 0 Å². The van der Waals surface area contributed by atoms with Crippen molar-refractivity contribution in [3.8, 4) is 11.8 Å². The number of ketones is 1. The van der Waals surface area contributed by atoms with Crippen LogP contribution in [0.2, 0.25) is 0 Å². The van der Waals surface area contributed by atoms with E-state index in [1.807, 2.05) is 30.3 Å². The lowest BCUT2D eigenvalue weighted by atomic mass is 10.2. The van der Waals surface area contributed by atoms with Crippen LogP contribution >= 0.6 is 11.8 Å². The Kier molecular flexibility index (Phi) is 4.65. The molecule has 0 N–H and O–H groups in total. The van der Waals surface area contributed by atoms with Gasteiger partial charge in [0.05, 0.1) is 5.75 Å². The summed E-state index contributed by atoms with van der Waals surface area (Å²) < 4.78 is 0. The van der Waals surface area contributed by atoms with Crippen molar-refractivity contribution in [3.63, 3.8) is 0 Å². The van der Waals surface area contributed by atoms with Crippen LogP contribution < -0.4 is 0 Å². The molecule has 0 atom stereocenters. The minimum atomic E-state index is -0.433. The molecule has 76 valence electrons. The molecule has 0 radical (unpaired) electrons. The van der Waals surface area contributed by atoms with Crippen molar-refractivity contribution >= 4 is 22.7 Å². The summed E-state index contributed by atoms with van der Waals surface area (Å²) in [5.74, 6) is 5.66. The zero-order chi connectivity index (χ0) is 11.1. The number of hydrogen-bond donors (Lipinski definition) is 0. The van der Waals surface area contributed by atoms with Gasteiger partial charge in [0.2, 0.25) is 5.78 Å². The summed E-state index contributed by atoms with van der Waals surface area (Å²) in [6.07, 6.45) is 0. The lowest BCUT2D eigenvalue weighted by Gasteiger charge is -1.89. The molecule has 0 spiro atoms. The van der Waals surface area contributed by atoms with Crippen LogP contribution in [0.4, 0.5) is 0 Å².